The first kappa shape index (κ1) is 23.7. The van der Waals surface area contributed by atoms with E-state index in [0.717, 1.165) is 16.7 Å². The van der Waals surface area contributed by atoms with Crippen molar-refractivity contribution in [2.75, 3.05) is 14.1 Å². The summed E-state index contributed by atoms with van der Waals surface area (Å²) in [4.78, 5) is 24.7. The monoisotopic (exact) mass is 413 g/mol. The molecule has 0 bridgehead atoms. The van der Waals surface area contributed by atoms with E-state index in [0.29, 0.717) is 11.5 Å². The summed E-state index contributed by atoms with van der Waals surface area (Å²) in [7, 11) is 3.46. The maximum Gasteiger partial charge on any atom is 0.316 e. The van der Waals surface area contributed by atoms with Crippen LogP contribution >= 0.6 is 23.5 Å². The molecule has 1 amide bonds. The molecule has 0 aliphatic rings. The Morgan fingerprint density at radius 1 is 1.07 bits per heavy atom. The molecule has 0 aliphatic carbocycles. The smallest absolute Gasteiger partial charge is 0.316 e. The summed E-state index contributed by atoms with van der Waals surface area (Å²) >= 11 is 2.84. The summed E-state index contributed by atoms with van der Waals surface area (Å²) in [6.45, 7) is 9.64. The van der Waals surface area contributed by atoms with Gasteiger partial charge in [0.25, 0.3) is 0 Å². The standard InChI is InChI=1S/C20H31NO4S2/c1-12(18(23)21(6)7)27-11-15-8-14(10-26-13(2)19(24)25)9-16(17(15)22)20(3,4)5/h8-9,12-13,22H,10-11H2,1-7H3,(H,24,25). The zero-order valence-corrected chi connectivity index (χ0v) is 18.8. The molecule has 1 aromatic rings. The lowest BCUT2D eigenvalue weighted by Gasteiger charge is -2.24. The number of aromatic hydroxyl groups is 1. The minimum atomic E-state index is -0.832. The Morgan fingerprint density at radius 2 is 1.63 bits per heavy atom. The molecule has 2 N–H and O–H groups in total. The number of carbonyl (C=O) groups is 2. The first-order valence-corrected chi connectivity index (χ1v) is 11.0. The Balaban J connectivity index is 3.09. The molecule has 152 valence electrons. The van der Waals surface area contributed by atoms with Crippen molar-refractivity contribution in [2.45, 2.75) is 62.0 Å². The van der Waals surface area contributed by atoms with Crippen molar-refractivity contribution in [1.29, 1.82) is 0 Å². The third-order valence-electron chi connectivity index (χ3n) is 4.18. The summed E-state index contributed by atoms with van der Waals surface area (Å²) in [5.74, 6) is 0.544. The number of rotatable bonds is 8. The molecule has 5 nitrogen and oxygen atoms in total. The average Bonchev–Trinajstić information content (AvgIpc) is 2.56. The number of benzene rings is 1. The van der Waals surface area contributed by atoms with Crippen LogP contribution in [0.3, 0.4) is 0 Å². The minimum absolute atomic E-state index is 0.0394. The molecule has 0 aromatic heterocycles. The Bertz CT molecular complexity index is 683. The third kappa shape index (κ3) is 6.96. The van der Waals surface area contributed by atoms with Crippen molar-refractivity contribution < 1.29 is 19.8 Å². The van der Waals surface area contributed by atoms with E-state index in [2.05, 4.69) is 0 Å². The molecule has 27 heavy (non-hydrogen) atoms. The van der Waals surface area contributed by atoms with Crippen molar-refractivity contribution in [3.05, 3.63) is 28.8 Å². The second-order valence-electron chi connectivity index (χ2n) is 7.88. The lowest BCUT2D eigenvalue weighted by Crippen LogP contribution is -2.29. The molecule has 0 aliphatic heterocycles. The first-order valence-electron chi connectivity index (χ1n) is 8.87. The fraction of sp³-hybridized carbons (Fsp3) is 0.600. The van der Waals surface area contributed by atoms with Gasteiger partial charge in [0, 0.05) is 31.2 Å². The van der Waals surface area contributed by atoms with E-state index < -0.39 is 11.2 Å². The van der Waals surface area contributed by atoms with E-state index in [4.69, 9.17) is 5.11 Å². The van der Waals surface area contributed by atoms with Crippen LogP contribution in [0.5, 0.6) is 5.75 Å². The highest BCUT2D eigenvalue weighted by Gasteiger charge is 2.23. The molecule has 0 radical (unpaired) electrons. The summed E-state index contributed by atoms with van der Waals surface area (Å²) in [5.41, 5.74) is 2.36. The van der Waals surface area contributed by atoms with Crippen LogP contribution in [0, 0.1) is 0 Å². The maximum atomic E-state index is 12.1. The fourth-order valence-corrected chi connectivity index (χ4v) is 4.22. The largest absolute Gasteiger partial charge is 0.507 e. The highest BCUT2D eigenvalue weighted by atomic mass is 32.2. The normalized spacial score (nSPS) is 13.9. The molecule has 0 heterocycles. The van der Waals surface area contributed by atoms with E-state index in [-0.39, 0.29) is 22.3 Å². The predicted octanol–water partition coefficient (Wildman–Crippen LogP) is 4.11. The van der Waals surface area contributed by atoms with Crippen molar-refractivity contribution in [3.8, 4) is 5.75 Å². The molecule has 0 fully saturated rings. The number of carboxylic acids is 1. The zero-order valence-electron chi connectivity index (χ0n) is 17.2. The van der Waals surface area contributed by atoms with Crippen LogP contribution in [-0.4, -0.2) is 51.6 Å². The highest BCUT2D eigenvalue weighted by Crippen LogP contribution is 2.37. The number of carbonyl (C=O) groups excluding carboxylic acids is 1. The molecule has 1 aromatic carbocycles. The number of hydrogen-bond donors (Lipinski definition) is 2. The summed E-state index contributed by atoms with van der Waals surface area (Å²) in [5, 5.41) is 19.2. The molecule has 2 unspecified atom stereocenters. The van der Waals surface area contributed by atoms with Crippen LogP contribution in [0.15, 0.2) is 12.1 Å². The van der Waals surface area contributed by atoms with Crippen molar-refractivity contribution in [3.63, 3.8) is 0 Å². The second-order valence-corrected chi connectivity index (χ2v) is 10.5. The number of thioether (sulfide) groups is 2. The van der Waals surface area contributed by atoms with Gasteiger partial charge in [-0.25, -0.2) is 0 Å². The number of aliphatic carboxylic acids is 1. The molecule has 0 spiro atoms. The predicted molar refractivity (Wildman–Crippen MR) is 115 cm³/mol. The second kappa shape index (κ2) is 9.73. The van der Waals surface area contributed by atoms with E-state index >= 15 is 0 Å². The van der Waals surface area contributed by atoms with Crippen LogP contribution in [0.1, 0.15) is 51.3 Å². The van der Waals surface area contributed by atoms with E-state index in [1.54, 1.807) is 25.9 Å². The Morgan fingerprint density at radius 3 is 2.11 bits per heavy atom. The van der Waals surface area contributed by atoms with Crippen LogP contribution in [0.25, 0.3) is 0 Å². The highest BCUT2D eigenvalue weighted by molar-refractivity contribution is 8.00. The summed E-state index contributed by atoms with van der Waals surface area (Å²) < 4.78 is 0. The number of carboxylic acid groups (broad SMARTS) is 1. The number of nitrogens with zero attached hydrogens (tertiary/aromatic N) is 1. The van der Waals surface area contributed by atoms with Gasteiger partial charge in [0.1, 0.15) is 5.75 Å². The van der Waals surface area contributed by atoms with Gasteiger partial charge < -0.3 is 15.1 Å². The molecule has 0 saturated carbocycles. The molecule has 1 rings (SSSR count). The molecular weight excluding hydrogens is 382 g/mol. The summed E-state index contributed by atoms with van der Waals surface area (Å²) in [6.07, 6.45) is 0. The van der Waals surface area contributed by atoms with Gasteiger partial charge in [-0.2, -0.15) is 0 Å². The van der Waals surface area contributed by atoms with Crippen LogP contribution < -0.4 is 0 Å². The van der Waals surface area contributed by atoms with E-state index in [1.165, 1.54) is 23.5 Å². The van der Waals surface area contributed by atoms with Crippen molar-refractivity contribution >= 4 is 35.4 Å². The lowest BCUT2D eigenvalue weighted by molar-refractivity contribution is -0.136. The SMILES string of the molecule is CC(SCc1cc(CSC(C)C(=O)N(C)C)c(O)c(C(C)(C)C)c1)C(=O)O. The van der Waals surface area contributed by atoms with Gasteiger partial charge in [-0.05, 0) is 30.4 Å². The maximum absolute atomic E-state index is 12.1. The lowest BCUT2D eigenvalue weighted by atomic mass is 9.84. The quantitative estimate of drug-likeness (QED) is 0.668. The molecular formula is C20H31NO4S2. The Labute approximate surface area is 170 Å². The Kier molecular flexibility index (Phi) is 8.54. The zero-order chi connectivity index (χ0) is 20.9. The number of hydrogen-bond acceptors (Lipinski definition) is 5. The Hall–Kier alpha value is -1.34. The topological polar surface area (TPSA) is 77.8 Å². The molecule has 7 heteroatoms. The summed E-state index contributed by atoms with van der Waals surface area (Å²) in [6, 6.07) is 3.88. The van der Waals surface area contributed by atoms with Crippen LogP contribution in [0.2, 0.25) is 0 Å². The van der Waals surface area contributed by atoms with Gasteiger partial charge >= 0.3 is 5.97 Å². The fourth-order valence-electron chi connectivity index (χ4n) is 2.47. The number of amides is 1. The van der Waals surface area contributed by atoms with Crippen molar-refractivity contribution in [1.82, 2.24) is 4.90 Å². The van der Waals surface area contributed by atoms with Gasteiger partial charge in [-0.3, -0.25) is 9.59 Å². The van der Waals surface area contributed by atoms with Gasteiger partial charge in [0.05, 0.1) is 10.5 Å². The van der Waals surface area contributed by atoms with Gasteiger partial charge in [0.2, 0.25) is 5.91 Å². The molecule has 0 saturated heterocycles. The van der Waals surface area contributed by atoms with Gasteiger partial charge in [-0.15, -0.1) is 23.5 Å². The van der Waals surface area contributed by atoms with Crippen molar-refractivity contribution in [2.24, 2.45) is 0 Å². The van der Waals surface area contributed by atoms with Gasteiger partial charge in [-0.1, -0.05) is 32.9 Å². The van der Waals surface area contributed by atoms with E-state index in [9.17, 15) is 14.7 Å². The van der Waals surface area contributed by atoms with E-state index in [1.807, 2.05) is 39.8 Å². The minimum Gasteiger partial charge on any atom is -0.507 e. The molecule has 2 atom stereocenters. The third-order valence-corrected chi connectivity index (χ3v) is 6.56. The number of phenols is 1. The number of phenolic OH excluding ortho intramolecular Hbond substituents is 1. The van der Waals surface area contributed by atoms with Crippen LogP contribution in [0.4, 0.5) is 0 Å². The van der Waals surface area contributed by atoms with Gasteiger partial charge in [0.15, 0.2) is 0 Å². The first-order chi connectivity index (χ1) is 12.3. The van der Waals surface area contributed by atoms with Crippen LogP contribution in [-0.2, 0) is 26.5 Å². The average molecular weight is 414 g/mol.